The first-order valence-corrected chi connectivity index (χ1v) is 11.3. The van der Waals surface area contributed by atoms with Crippen molar-refractivity contribution < 1.29 is 4.79 Å². The van der Waals surface area contributed by atoms with Crippen molar-refractivity contribution in [2.75, 3.05) is 36.8 Å². The molecule has 0 amide bonds. The normalized spacial score (nSPS) is 11.0. The molecule has 0 spiro atoms. The molecular weight excluding hydrogens is 414 g/mol. The minimum atomic E-state index is -0.272. The molecule has 3 aromatic rings. The number of aromatic nitrogens is 2. The van der Waals surface area contributed by atoms with Gasteiger partial charge in [-0.15, -0.1) is 6.42 Å². The Morgan fingerprint density at radius 2 is 1.88 bits per heavy atom. The molecule has 0 aliphatic carbocycles. The number of nitrogens with zero attached hydrogens (tertiary/aromatic N) is 3. The summed E-state index contributed by atoms with van der Waals surface area (Å²) < 4.78 is 0. The minimum Gasteiger partial charge on any atom is -0.369 e. The molecule has 0 saturated carbocycles. The van der Waals surface area contributed by atoms with Crippen LogP contribution >= 0.6 is 0 Å². The third-order valence-electron chi connectivity index (χ3n) is 5.77. The summed E-state index contributed by atoms with van der Waals surface area (Å²) in [6.45, 7) is 8.11. The van der Waals surface area contributed by atoms with Crippen molar-refractivity contribution in [2.24, 2.45) is 0 Å². The van der Waals surface area contributed by atoms with Crippen LogP contribution in [-0.2, 0) is 6.54 Å². The van der Waals surface area contributed by atoms with E-state index in [1.807, 2.05) is 35.2 Å². The summed E-state index contributed by atoms with van der Waals surface area (Å²) in [5, 5.41) is 0.480. The summed E-state index contributed by atoms with van der Waals surface area (Å²) in [4.78, 5) is 35.8. The Hall–Kier alpha value is -3.63. The molecule has 0 unspecified atom stereocenters. The summed E-state index contributed by atoms with van der Waals surface area (Å²) in [6.07, 6.45) is 6.99. The zero-order valence-electron chi connectivity index (χ0n) is 19.3. The van der Waals surface area contributed by atoms with Crippen molar-refractivity contribution in [1.82, 2.24) is 14.9 Å². The van der Waals surface area contributed by atoms with Crippen LogP contribution in [0.3, 0.4) is 0 Å². The number of hydrogen-bond acceptors (Lipinski definition) is 6. The Morgan fingerprint density at radius 3 is 2.55 bits per heavy atom. The van der Waals surface area contributed by atoms with Gasteiger partial charge >= 0.3 is 0 Å². The lowest BCUT2D eigenvalue weighted by Gasteiger charge is -2.23. The first-order chi connectivity index (χ1) is 15.9. The third-order valence-corrected chi connectivity index (χ3v) is 5.77. The zero-order chi connectivity index (χ0) is 23.8. The average molecular weight is 446 g/mol. The highest BCUT2D eigenvalue weighted by molar-refractivity contribution is 5.96. The van der Waals surface area contributed by atoms with E-state index >= 15 is 0 Å². The van der Waals surface area contributed by atoms with E-state index < -0.39 is 0 Å². The summed E-state index contributed by atoms with van der Waals surface area (Å²) in [5.74, 6) is 2.93. The molecule has 0 bridgehead atoms. The molecule has 172 valence electrons. The monoisotopic (exact) mass is 445 g/mol. The predicted octanol–water partition coefficient (Wildman–Crippen LogP) is 3.45. The number of nitrogens with two attached hydrogens (primary N) is 1. The molecule has 0 atom stereocenters. The molecular formula is C26H31N5O2. The van der Waals surface area contributed by atoms with Gasteiger partial charge in [0, 0.05) is 24.2 Å². The zero-order valence-corrected chi connectivity index (χ0v) is 19.3. The summed E-state index contributed by atoms with van der Waals surface area (Å²) in [6, 6.07) is 13.1. The molecule has 1 heterocycles. The second kappa shape index (κ2) is 11.3. The highest BCUT2D eigenvalue weighted by atomic mass is 16.1. The lowest BCUT2D eigenvalue weighted by molar-refractivity contribution is 0.0975. The van der Waals surface area contributed by atoms with E-state index in [-0.39, 0.29) is 17.3 Å². The molecule has 7 nitrogen and oxygen atoms in total. The van der Waals surface area contributed by atoms with Crippen molar-refractivity contribution in [1.29, 1.82) is 0 Å². The Bertz CT molecular complexity index is 1190. The number of terminal acetylenes is 1. The number of anilines is 2. The van der Waals surface area contributed by atoms with Gasteiger partial charge in [0.05, 0.1) is 17.4 Å². The molecule has 0 aliphatic heterocycles. The number of nitrogens with one attached hydrogen (secondary N) is 1. The van der Waals surface area contributed by atoms with E-state index in [0.717, 1.165) is 37.3 Å². The van der Waals surface area contributed by atoms with Gasteiger partial charge in [0.25, 0.3) is 5.56 Å². The van der Waals surface area contributed by atoms with Crippen LogP contribution in [0.25, 0.3) is 10.9 Å². The Kier molecular flexibility index (Phi) is 8.22. The fourth-order valence-corrected chi connectivity index (χ4v) is 3.88. The number of rotatable bonds is 11. The first-order valence-electron chi connectivity index (χ1n) is 11.3. The highest BCUT2D eigenvalue weighted by Gasteiger charge is 2.11. The average Bonchev–Trinajstić information content (AvgIpc) is 2.82. The standard InChI is InChI=1S/C26H31N5O2/c1-4-15-31(18-19-9-14-23-22(17-19)25(33)29-26(27)28-23)21-12-10-20(11-13-21)24(32)8-7-16-30(5-2)6-3/h1,9-14,17H,5-8,15-16,18H2,2-3H3,(H3,27,28,29,33). The van der Waals surface area contributed by atoms with Crippen molar-refractivity contribution in [2.45, 2.75) is 33.2 Å². The first kappa shape index (κ1) is 24.0. The van der Waals surface area contributed by atoms with Crippen LogP contribution in [0.15, 0.2) is 47.3 Å². The molecule has 1 aromatic heterocycles. The Labute approximate surface area is 194 Å². The second-order valence-corrected chi connectivity index (χ2v) is 7.96. The molecule has 7 heteroatoms. The van der Waals surface area contributed by atoms with Gasteiger partial charge in [-0.3, -0.25) is 14.6 Å². The quantitative estimate of drug-likeness (QED) is 0.347. The number of ketones is 1. The van der Waals surface area contributed by atoms with Crippen LogP contribution in [0, 0.1) is 12.3 Å². The lowest BCUT2D eigenvalue weighted by atomic mass is 10.1. The maximum absolute atomic E-state index is 12.6. The smallest absolute Gasteiger partial charge is 0.260 e. The molecule has 0 aliphatic rings. The number of hydrogen-bond donors (Lipinski definition) is 2. The van der Waals surface area contributed by atoms with Gasteiger partial charge in [-0.25, -0.2) is 4.98 Å². The highest BCUT2D eigenvalue weighted by Crippen LogP contribution is 2.20. The summed E-state index contributed by atoms with van der Waals surface area (Å²) in [7, 11) is 0. The van der Waals surface area contributed by atoms with Crippen LogP contribution in [0.2, 0.25) is 0 Å². The topological polar surface area (TPSA) is 95.3 Å². The minimum absolute atomic E-state index is 0.0944. The van der Waals surface area contributed by atoms with E-state index in [1.165, 1.54) is 0 Å². The maximum Gasteiger partial charge on any atom is 0.260 e. The second-order valence-electron chi connectivity index (χ2n) is 7.96. The van der Waals surface area contributed by atoms with E-state index in [0.29, 0.717) is 36.0 Å². The van der Waals surface area contributed by atoms with Gasteiger partial charge in [0.2, 0.25) is 5.95 Å². The van der Waals surface area contributed by atoms with Gasteiger partial charge in [-0.05, 0) is 68.0 Å². The number of benzene rings is 2. The SMILES string of the molecule is C#CCN(Cc1ccc2nc(N)[nH]c(=O)c2c1)c1ccc(C(=O)CCCN(CC)CC)cc1. The number of carbonyl (C=O) groups excluding carboxylic acids is 1. The van der Waals surface area contributed by atoms with Gasteiger partial charge in [0.1, 0.15) is 0 Å². The molecule has 3 N–H and O–H groups in total. The fourth-order valence-electron chi connectivity index (χ4n) is 3.88. The van der Waals surface area contributed by atoms with Crippen molar-refractivity contribution >= 4 is 28.3 Å². The number of H-pyrrole nitrogens is 1. The maximum atomic E-state index is 12.6. The van der Waals surface area contributed by atoms with Crippen molar-refractivity contribution in [3.8, 4) is 12.3 Å². The van der Waals surface area contributed by atoms with E-state index in [9.17, 15) is 9.59 Å². The number of carbonyl (C=O) groups is 1. The number of aromatic amines is 1. The molecule has 0 radical (unpaired) electrons. The molecule has 0 fully saturated rings. The Morgan fingerprint density at radius 1 is 1.15 bits per heavy atom. The predicted molar refractivity (Wildman–Crippen MR) is 134 cm³/mol. The van der Waals surface area contributed by atoms with Crippen molar-refractivity contribution in [3.63, 3.8) is 0 Å². The Balaban J connectivity index is 1.71. The van der Waals surface area contributed by atoms with Gasteiger partial charge in [0.15, 0.2) is 5.78 Å². The van der Waals surface area contributed by atoms with Crippen LogP contribution in [0.1, 0.15) is 42.6 Å². The van der Waals surface area contributed by atoms with Crippen LogP contribution in [0.5, 0.6) is 0 Å². The van der Waals surface area contributed by atoms with Gasteiger partial charge in [-0.1, -0.05) is 25.8 Å². The number of Topliss-reactive ketones (excluding diaryl/α,β-unsaturated/α-hetero) is 1. The molecule has 3 rings (SSSR count). The van der Waals surface area contributed by atoms with Crippen molar-refractivity contribution in [3.05, 3.63) is 63.9 Å². The van der Waals surface area contributed by atoms with Crippen LogP contribution in [-0.4, -0.2) is 46.8 Å². The summed E-state index contributed by atoms with van der Waals surface area (Å²) in [5.41, 5.74) is 8.44. The largest absolute Gasteiger partial charge is 0.369 e. The van der Waals surface area contributed by atoms with E-state index in [2.05, 4.69) is 34.6 Å². The summed E-state index contributed by atoms with van der Waals surface area (Å²) >= 11 is 0. The molecule has 2 aromatic carbocycles. The molecule has 0 saturated heterocycles. The number of nitrogen functional groups attached to an aromatic ring is 1. The molecule has 33 heavy (non-hydrogen) atoms. The van der Waals surface area contributed by atoms with E-state index in [1.54, 1.807) is 12.1 Å². The van der Waals surface area contributed by atoms with Crippen LogP contribution in [0.4, 0.5) is 11.6 Å². The van der Waals surface area contributed by atoms with Crippen LogP contribution < -0.4 is 16.2 Å². The van der Waals surface area contributed by atoms with Gasteiger partial charge < -0.3 is 15.5 Å². The lowest BCUT2D eigenvalue weighted by Crippen LogP contribution is -2.24. The fraction of sp³-hybridized carbons (Fsp3) is 0.346. The third kappa shape index (κ3) is 6.21. The van der Waals surface area contributed by atoms with Gasteiger partial charge in [-0.2, -0.15) is 0 Å². The van der Waals surface area contributed by atoms with E-state index in [4.69, 9.17) is 12.2 Å². The number of fused-ring (bicyclic) bond motifs is 1.